The first-order chi connectivity index (χ1) is 7.95. The second-order valence-corrected chi connectivity index (χ2v) is 6.08. The van der Waals surface area contributed by atoms with Crippen LogP contribution in [0.4, 0.5) is 5.82 Å². The predicted molar refractivity (Wildman–Crippen MR) is 68.7 cm³/mol. The number of aromatic nitrogens is 1. The number of hydrogen-bond donors (Lipinski definition) is 2. The molecule has 0 aliphatic heterocycles. The van der Waals surface area contributed by atoms with Gasteiger partial charge in [-0.1, -0.05) is 0 Å². The molecule has 0 aromatic carbocycles. The molecule has 0 bridgehead atoms. The van der Waals surface area contributed by atoms with E-state index in [1.165, 1.54) is 6.26 Å². The van der Waals surface area contributed by atoms with Crippen molar-refractivity contribution in [3.05, 3.63) is 18.3 Å². The van der Waals surface area contributed by atoms with E-state index in [0.29, 0.717) is 12.4 Å². The van der Waals surface area contributed by atoms with Crippen LogP contribution in [0.3, 0.4) is 0 Å². The first-order valence-corrected chi connectivity index (χ1v) is 7.46. The van der Waals surface area contributed by atoms with E-state index in [1.807, 2.05) is 6.92 Å². The van der Waals surface area contributed by atoms with E-state index >= 15 is 0 Å². The molecule has 3 N–H and O–H groups in total. The van der Waals surface area contributed by atoms with Gasteiger partial charge in [-0.2, -0.15) is 0 Å². The van der Waals surface area contributed by atoms with Crippen LogP contribution in [-0.4, -0.2) is 32.2 Å². The van der Waals surface area contributed by atoms with E-state index in [4.69, 9.17) is 5.73 Å². The van der Waals surface area contributed by atoms with E-state index in [0.717, 1.165) is 12.8 Å². The maximum absolute atomic E-state index is 11.5. The fraction of sp³-hybridized carbons (Fsp3) is 0.545. The summed E-state index contributed by atoms with van der Waals surface area (Å²) in [5.41, 5.74) is 5.43. The molecule has 1 aromatic heterocycles. The third-order valence-electron chi connectivity index (χ3n) is 2.39. The second kappa shape index (κ2) is 5.97. The normalized spacial score (nSPS) is 13.4. The summed E-state index contributed by atoms with van der Waals surface area (Å²) in [5.74, 6) is 0.416. The van der Waals surface area contributed by atoms with E-state index in [9.17, 15) is 8.42 Å². The Labute approximate surface area is 102 Å². The smallest absolute Gasteiger partial charge is 0.179 e. The van der Waals surface area contributed by atoms with Crippen LogP contribution in [0.25, 0.3) is 0 Å². The summed E-state index contributed by atoms with van der Waals surface area (Å²) in [6.07, 6.45) is 4.54. The van der Waals surface area contributed by atoms with E-state index < -0.39 is 9.84 Å². The van der Waals surface area contributed by atoms with Crippen LogP contribution < -0.4 is 11.1 Å². The van der Waals surface area contributed by atoms with Crippen LogP contribution >= 0.6 is 0 Å². The van der Waals surface area contributed by atoms with Crippen LogP contribution in [-0.2, 0) is 9.84 Å². The van der Waals surface area contributed by atoms with E-state index in [2.05, 4.69) is 10.3 Å². The Kier molecular flexibility index (Phi) is 4.89. The highest BCUT2D eigenvalue weighted by Crippen LogP contribution is 2.19. The molecule has 0 amide bonds. The molecule has 0 aliphatic rings. The number of anilines is 1. The van der Waals surface area contributed by atoms with Crippen LogP contribution in [0.5, 0.6) is 0 Å². The Morgan fingerprint density at radius 2 is 2.24 bits per heavy atom. The van der Waals surface area contributed by atoms with Gasteiger partial charge < -0.3 is 11.1 Å². The van der Waals surface area contributed by atoms with Crippen molar-refractivity contribution in [1.29, 1.82) is 0 Å². The highest BCUT2D eigenvalue weighted by molar-refractivity contribution is 7.90. The summed E-state index contributed by atoms with van der Waals surface area (Å²) < 4.78 is 23.1. The second-order valence-electron chi connectivity index (χ2n) is 4.10. The maximum Gasteiger partial charge on any atom is 0.179 e. The van der Waals surface area contributed by atoms with Gasteiger partial charge in [-0.15, -0.1) is 0 Å². The van der Waals surface area contributed by atoms with Gasteiger partial charge >= 0.3 is 0 Å². The summed E-state index contributed by atoms with van der Waals surface area (Å²) in [4.78, 5) is 4.31. The van der Waals surface area contributed by atoms with Gasteiger partial charge in [0.15, 0.2) is 9.84 Å². The highest BCUT2D eigenvalue weighted by atomic mass is 32.2. The minimum atomic E-state index is -3.25. The van der Waals surface area contributed by atoms with Crippen LogP contribution in [0.15, 0.2) is 23.2 Å². The highest BCUT2D eigenvalue weighted by Gasteiger charge is 2.15. The standard InChI is InChI=1S/C11H19N3O2S/c1-9(5-3-7-12)14-11-10(17(2,15)16)6-4-8-13-11/h4,6,8-9H,3,5,7,12H2,1-2H3,(H,13,14). The first-order valence-electron chi connectivity index (χ1n) is 5.57. The van der Waals surface area contributed by atoms with Crippen LogP contribution in [0.1, 0.15) is 19.8 Å². The number of nitrogens with zero attached hydrogens (tertiary/aromatic N) is 1. The molecule has 0 fully saturated rings. The number of rotatable bonds is 6. The zero-order valence-corrected chi connectivity index (χ0v) is 11.0. The average Bonchev–Trinajstić information content (AvgIpc) is 2.25. The quantitative estimate of drug-likeness (QED) is 0.795. The summed E-state index contributed by atoms with van der Waals surface area (Å²) in [5, 5.41) is 3.11. The number of pyridine rings is 1. The fourth-order valence-corrected chi connectivity index (χ4v) is 2.32. The van der Waals surface area contributed by atoms with Crippen molar-refractivity contribution >= 4 is 15.7 Å². The molecular formula is C11H19N3O2S. The topological polar surface area (TPSA) is 85.1 Å². The lowest BCUT2D eigenvalue weighted by Crippen LogP contribution is -2.19. The molecule has 1 atom stereocenters. The van der Waals surface area contributed by atoms with Crippen molar-refractivity contribution in [2.24, 2.45) is 5.73 Å². The Morgan fingerprint density at radius 3 is 2.82 bits per heavy atom. The Morgan fingerprint density at radius 1 is 1.53 bits per heavy atom. The molecule has 17 heavy (non-hydrogen) atoms. The third kappa shape index (κ3) is 4.32. The summed E-state index contributed by atoms with van der Waals surface area (Å²) in [6.45, 7) is 2.61. The molecule has 1 aromatic rings. The average molecular weight is 257 g/mol. The third-order valence-corrected chi connectivity index (χ3v) is 3.52. The van der Waals surface area contributed by atoms with Crippen LogP contribution in [0, 0.1) is 0 Å². The molecule has 1 unspecified atom stereocenters. The lowest BCUT2D eigenvalue weighted by Gasteiger charge is -2.15. The van der Waals surface area contributed by atoms with Gasteiger partial charge in [-0.05, 0) is 38.4 Å². The number of hydrogen-bond acceptors (Lipinski definition) is 5. The number of nitrogens with two attached hydrogens (primary N) is 1. The molecule has 0 spiro atoms. The number of nitrogens with one attached hydrogen (secondary N) is 1. The molecule has 96 valence electrons. The van der Waals surface area contributed by atoms with Gasteiger partial charge in [0.05, 0.1) is 0 Å². The van der Waals surface area contributed by atoms with Crippen molar-refractivity contribution in [2.75, 3.05) is 18.1 Å². The minimum absolute atomic E-state index is 0.147. The van der Waals surface area contributed by atoms with Crippen molar-refractivity contribution in [3.8, 4) is 0 Å². The Hall–Kier alpha value is -1.14. The predicted octanol–water partition coefficient (Wildman–Crippen LogP) is 1.02. The van der Waals surface area contributed by atoms with Crippen LogP contribution in [0.2, 0.25) is 0 Å². The van der Waals surface area contributed by atoms with Gasteiger partial charge in [-0.3, -0.25) is 0 Å². The lowest BCUT2D eigenvalue weighted by molar-refractivity contribution is 0.601. The molecule has 0 saturated heterocycles. The monoisotopic (exact) mass is 257 g/mol. The lowest BCUT2D eigenvalue weighted by atomic mass is 10.2. The Balaban J connectivity index is 2.84. The van der Waals surface area contributed by atoms with Crippen molar-refractivity contribution in [3.63, 3.8) is 0 Å². The largest absolute Gasteiger partial charge is 0.367 e. The summed E-state index contributed by atoms with van der Waals surface area (Å²) in [6, 6.07) is 3.32. The van der Waals surface area contributed by atoms with Crippen molar-refractivity contribution in [2.45, 2.75) is 30.7 Å². The van der Waals surface area contributed by atoms with Crippen molar-refractivity contribution < 1.29 is 8.42 Å². The SMILES string of the molecule is CC(CCCN)Nc1ncccc1S(C)(=O)=O. The summed E-state index contributed by atoms with van der Waals surface area (Å²) >= 11 is 0. The van der Waals surface area contributed by atoms with Gasteiger partial charge in [0.2, 0.25) is 0 Å². The first kappa shape index (κ1) is 13.9. The molecule has 0 saturated carbocycles. The zero-order chi connectivity index (χ0) is 12.9. The Bertz CT molecular complexity index is 460. The molecule has 1 rings (SSSR count). The number of sulfone groups is 1. The molecular weight excluding hydrogens is 238 g/mol. The van der Waals surface area contributed by atoms with E-state index in [-0.39, 0.29) is 10.9 Å². The maximum atomic E-state index is 11.5. The van der Waals surface area contributed by atoms with Gasteiger partial charge in [0, 0.05) is 18.5 Å². The molecule has 6 heteroatoms. The zero-order valence-electron chi connectivity index (χ0n) is 10.2. The summed E-state index contributed by atoms with van der Waals surface area (Å²) in [7, 11) is -3.25. The fourth-order valence-electron chi connectivity index (χ4n) is 1.53. The van der Waals surface area contributed by atoms with Gasteiger partial charge in [-0.25, -0.2) is 13.4 Å². The molecule has 1 heterocycles. The minimum Gasteiger partial charge on any atom is -0.367 e. The van der Waals surface area contributed by atoms with Gasteiger partial charge in [0.1, 0.15) is 10.7 Å². The van der Waals surface area contributed by atoms with Gasteiger partial charge in [0.25, 0.3) is 0 Å². The van der Waals surface area contributed by atoms with Crippen molar-refractivity contribution in [1.82, 2.24) is 4.98 Å². The molecule has 0 aliphatic carbocycles. The molecule has 5 nitrogen and oxygen atoms in total. The van der Waals surface area contributed by atoms with E-state index in [1.54, 1.807) is 18.3 Å². The molecule has 0 radical (unpaired) electrons.